The molecule has 1 heterocycles. The number of nitrogens with zero attached hydrogens (tertiary/aromatic N) is 1. The number of carboxylic acids is 1. The van der Waals surface area contributed by atoms with Gasteiger partial charge in [0, 0.05) is 0 Å². The average molecular weight is 304 g/mol. The Morgan fingerprint density at radius 1 is 1.29 bits per heavy atom. The number of aliphatic carboxylic acids is 1. The van der Waals surface area contributed by atoms with Crippen molar-refractivity contribution in [3.05, 3.63) is 29.3 Å². The van der Waals surface area contributed by atoms with Crippen LogP contribution in [0.15, 0.2) is 24.3 Å². The Morgan fingerprint density at radius 3 is 2.81 bits per heavy atom. The maximum Gasteiger partial charge on any atom is 0.307 e. The van der Waals surface area contributed by atoms with Crippen molar-refractivity contribution in [2.24, 2.45) is 11.8 Å². The largest absolute Gasteiger partial charge is 0.481 e. The summed E-state index contributed by atoms with van der Waals surface area (Å²) in [7, 11) is 0. The Morgan fingerprint density at radius 2 is 2.05 bits per heavy atom. The van der Waals surface area contributed by atoms with E-state index in [1.54, 1.807) is 11.3 Å². The maximum atomic E-state index is 12.2. The molecule has 1 aromatic carbocycles. The molecule has 6 heteroatoms. The number of amides is 1. The van der Waals surface area contributed by atoms with Crippen LogP contribution in [0.1, 0.15) is 24.3 Å². The van der Waals surface area contributed by atoms with E-state index < -0.39 is 17.8 Å². The van der Waals surface area contributed by atoms with E-state index in [0.29, 0.717) is 19.4 Å². The minimum atomic E-state index is -0.868. The average Bonchev–Trinajstić information content (AvgIpc) is 3.10. The second-order valence-electron chi connectivity index (χ2n) is 5.28. The van der Waals surface area contributed by atoms with Gasteiger partial charge >= 0.3 is 5.97 Å². The van der Waals surface area contributed by atoms with E-state index >= 15 is 0 Å². The molecule has 1 aliphatic rings. The summed E-state index contributed by atoms with van der Waals surface area (Å²) in [5.74, 6) is -1.98. The number of carboxylic acid groups (broad SMARTS) is 1. The van der Waals surface area contributed by atoms with Crippen LogP contribution in [0.4, 0.5) is 0 Å². The first-order valence-electron chi connectivity index (χ1n) is 7.00. The predicted molar refractivity (Wildman–Crippen MR) is 79.9 cm³/mol. The molecule has 1 aromatic heterocycles. The Hall–Kier alpha value is -1.95. The molecule has 5 nitrogen and oxygen atoms in total. The van der Waals surface area contributed by atoms with Crippen molar-refractivity contribution in [1.82, 2.24) is 10.3 Å². The monoisotopic (exact) mass is 304 g/mol. The Kier molecular flexibility index (Phi) is 3.88. The second kappa shape index (κ2) is 5.81. The van der Waals surface area contributed by atoms with Gasteiger partial charge in [-0.15, -0.1) is 11.3 Å². The molecule has 1 fully saturated rings. The molecular formula is C15H16N2O3S. The van der Waals surface area contributed by atoms with Gasteiger partial charge in [0.25, 0.3) is 0 Å². The Labute approximate surface area is 126 Å². The normalized spacial score (nSPS) is 21.5. The molecule has 0 radical (unpaired) electrons. The first kappa shape index (κ1) is 14.0. The molecule has 3 rings (SSSR count). The van der Waals surface area contributed by atoms with E-state index in [4.69, 9.17) is 5.11 Å². The predicted octanol–water partition coefficient (Wildman–Crippen LogP) is 2.41. The zero-order valence-electron chi connectivity index (χ0n) is 11.4. The molecule has 110 valence electrons. The third-order valence-electron chi connectivity index (χ3n) is 3.92. The van der Waals surface area contributed by atoms with Gasteiger partial charge < -0.3 is 10.4 Å². The molecular weight excluding hydrogens is 288 g/mol. The molecule has 0 bridgehead atoms. The smallest absolute Gasteiger partial charge is 0.307 e. The van der Waals surface area contributed by atoms with E-state index in [2.05, 4.69) is 10.3 Å². The lowest BCUT2D eigenvalue weighted by Crippen LogP contribution is -2.34. The number of para-hydroxylation sites is 1. The molecule has 0 spiro atoms. The lowest BCUT2D eigenvalue weighted by Gasteiger charge is -2.14. The summed E-state index contributed by atoms with van der Waals surface area (Å²) in [6.45, 7) is 0.362. The van der Waals surface area contributed by atoms with Crippen LogP contribution in [0.25, 0.3) is 10.2 Å². The molecule has 0 saturated heterocycles. The van der Waals surface area contributed by atoms with Gasteiger partial charge in [0.05, 0.1) is 28.6 Å². The number of hydrogen-bond donors (Lipinski definition) is 2. The SMILES string of the molecule is O=C(O)[C@H]1CCC[C@H]1C(=O)NCc1nc2ccccc2s1. The first-order chi connectivity index (χ1) is 10.1. The molecule has 2 aromatic rings. The number of thiazole rings is 1. The van der Waals surface area contributed by atoms with E-state index in [0.717, 1.165) is 21.6 Å². The number of hydrogen-bond acceptors (Lipinski definition) is 4. The maximum absolute atomic E-state index is 12.2. The highest BCUT2D eigenvalue weighted by Gasteiger charge is 2.37. The molecule has 0 aliphatic heterocycles. The van der Waals surface area contributed by atoms with Crippen LogP contribution in [0.2, 0.25) is 0 Å². The highest BCUT2D eigenvalue weighted by molar-refractivity contribution is 7.18. The van der Waals surface area contributed by atoms with Crippen molar-refractivity contribution >= 4 is 33.4 Å². The number of carbonyl (C=O) groups is 2. The Bertz CT molecular complexity index is 649. The fraction of sp³-hybridized carbons (Fsp3) is 0.400. The zero-order chi connectivity index (χ0) is 14.8. The van der Waals surface area contributed by atoms with Crippen molar-refractivity contribution in [1.29, 1.82) is 0 Å². The summed E-state index contributed by atoms with van der Waals surface area (Å²) in [5, 5.41) is 12.8. The first-order valence-corrected chi connectivity index (χ1v) is 7.82. The summed E-state index contributed by atoms with van der Waals surface area (Å²) >= 11 is 1.55. The quantitative estimate of drug-likeness (QED) is 0.909. The lowest BCUT2D eigenvalue weighted by atomic mass is 9.95. The topological polar surface area (TPSA) is 79.3 Å². The number of benzene rings is 1. The fourth-order valence-corrected chi connectivity index (χ4v) is 3.77. The van der Waals surface area contributed by atoms with Gasteiger partial charge in [-0.3, -0.25) is 9.59 Å². The van der Waals surface area contributed by atoms with Gasteiger partial charge in [-0.2, -0.15) is 0 Å². The highest BCUT2D eigenvalue weighted by atomic mass is 32.1. The number of aromatic nitrogens is 1. The van der Waals surface area contributed by atoms with Crippen LogP contribution < -0.4 is 5.32 Å². The van der Waals surface area contributed by atoms with Crippen LogP contribution in [-0.2, 0) is 16.1 Å². The van der Waals surface area contributed by atoms with Crippen LogP contribution >= 0.6 is 11.3 Å². The van der Waals surface area contributed by atoms with Crippen molar-refractivity contribution < 1.29 is 14.7 Å². The Balaban J connectivity index is 1.64. The van der Waals surface area contributed by atoms with E-state index in [1.807, 2.05) is 24.3 Å². The van der Waals surface area contributed by atoms with E-state index in [1.165, 1.54) is 0 Å². The summed E-state index contributed by atoms with van der Waals surface area (Å²) in [5.41, 5.74) is 0.927. The highest BCUT2D eigenvalue weighted by Crippen LogP contribution is 2.32. The molecule has 21 heavy (non-hydrogen) atoms. The molecule has 2 atom stereocenters. The lowest BCUT2D eigenvalue weighted by molar-refractivity contribution is -0.146. The molecule has 2 N–H and O–H groups in total. The molecule has 1 aliphatic carbocycles. The van der Waals surface area contributed by atoms with Gasteiger partial charge in [-0.1, -0.05) is 18.6 Å². The van der Waals surface area contributed by atoms with Crippen LogP contribution in [0.5, 0.6) is 0 Å². The van der Waals surface area contributed by atoms with Crippen molar-refractivity contribution in [2.45, 2.75) is 25.8 Å². The summed E-state index contributed by atoms with van der Waals surface area (Å²) in [6, 6.07) is 7.82. The van der Waals surface area contributed by atoms with Gasteiger partial charge in [0.15, 0.2) is 0 Å². The van der Waals surface area contributed by atoms with Gasteiger partial charge in [0.2, 0.25) is 5.91 Å². The second-order valence-corrected chi connectivity index (χ2v) is 6.39. The number of nitrogens with one attached hydrogen (secondary N) is 1. The van der Waals surface area contributed by atoms with E-state index in [-0.39, 0.29) is 5.91 Å². The molecule has 1 amide bonds. The number of carbonyl (C=O) groups excluding carboxylic acids is 1. The van der Waals surface area contributed by atoms with Crippen molar-refractivity contribution in [2.75, 3.05) is 0 Å². The van der Waals surface area contributed by atoms with Crippen LogP contribution in [0, 0.1) is 11.8 Å². The third kappa shape index (κ3) is 2.90. The standard InChI is InChI=1S/C15H16N2O3S/c18-14(9-4-3-5-10(9)15(19)20)16-8-13-17-11-6-1-2-7-12(11)21-13/h1-2,6-7,9-10H,3-5,8H2,(H,16,18)(H,19,20)/t9-,10+/m1/s1. The number of rotatable bonds is 4. The van der Waals surface area contributed by atoms with Gasteiger partial charge in [0.1, 0.15) is 5.01 Å². The summed E-state index contributed by atoms with van der Waals surface area (Å²) in [6.07, 6.45) is 2.05. The van der Waals surface area contributed by atoms with Crippen LogP contribution in [-0.4, -0.2) is 22.0 Å². The summed E-state index contributed by atoms with van der Waals surface area (Å²) in [4.78, 5) is 27.7. The summed E-state index contributed by atoms with van der Waals surface area (Å²) < 4.78 is 1.09. The third-order valence-corrected chi connectivity index (χ3v) is 4.96. The van der Waals surface area contributed by atoms with Crippen molar-refractivity contribution in [3.63, 3.8) is 0 Å². The molecule has 0 unspecified atom stereocenters. The van der Waals surface area contributed by atoms with Crippen molar-refractivity contribution in [3.8, 4) is 0 Å². The van der Waals surface area contributed by atoms with Crippen LogP contribution in [0.3, 0.4) is 0 Å². The van der Waals surface area contributed by atoms with Gasteiger partial charge in [-0.25, -0.2) is 4.98 Å². The van der Waals surface area contributed by atoms with E-state index in [9.17, 15) is 9.59 Å². The van der Waals surface area contributed by atoms with Gasteiger partial charge in [-0.05, 0) is 25.0 Å². The zero-order valence-corrected chi connectivity index (χ0v) is 12.2. The number of fused-ring (bicyclic) bond motifs is 1. The fourth-order valence-electron chi connectivity index (χ4n) is 2.86. The minimum absolute atomic E-state index is 0.167. The molecule has 1 saturated carbocycles. The minimum Gasteiger partial charge on any atom is -0.481 e.